The van der Waals surface area contributed by atoms with Gasteiger partial charge in [-0.05, 0) is 0 Å². The molecule has 0 spiro atoms. The molecule has 10 heteroatoms. The Morgan fingerprint density at radius 2 is 2.00 bits per heavy atom. The molecule has 0 radical (unpaired) electrons. The normalized spacial score (nSPS) is 18.8. The molecule has 128 valence electrons. The van der Waals surface area contributed by atoms with Gasteiger partial charge in [-0.25, -0.2) is 22.9 Å². The highest BCUT2D eigenvalue weighted by atomic mass is 32.2. The molecule has 1 aromatic heterocycles. The largest absolute Gasteiger partial charge is 0.378 e. The van der Waals surface area contributed by atoms with Crippen molar-refractivity contribution in [3.05, 3.63) is 17.7 Å². The van der Waals surface area contributed by atoms with Gasteiger partial charge in [-0.2, -0.15) is 0 Å². The quantitative estimate of drug-likeness (QED) is 0.775. The zero-order chi connectivity index (χ0) is 16.4. The van der Waals surface area contributed by atoms with Crippen LogP contribution in [-0.4, -0.2) is 72.9 Å². The Morgan fingerprint density at radius 1 is 1.26 bits per heavy atom. The summed E-state index contributed by atoms with van der Waals surface area (Å²) in [5, 5.41) is 0. The van der Waals surface area contributed by atoms with E-state index in [1.54, 1.807) is 9.80 Å². The summed E-state index contributed by atoms with van der Waals surface area (Å²) in [6, 6.07) is 0.0124. The molecule has 9 nitrogen and oxygen atoms in total. The average molecular weight is 343 g/mol. The summed E-state index contributed by atoms with van der Waals surface area (Å²) >= 11 is 0. The van der Waals surface area contributed by atoms with Crippen molar-refractivity contribution in [1.29, 1.82) is 0 Å². The van der Waals surface area contributed by atoms with Gasteiger partial charge < -0.3 is 19.1 Å². The number of hydrogen-bond acceptors (Lipinski definition) is 5. The van der Waals surface area contributed by atoms with Gasteiger partial charge in [-0.15, -0.1) is 0 Å². The van der Waals surface area contributed by atoms with Crippen molar-refractivity contribution in [1.82, 2.24) is 24.1 Å². The molecule has 2 aliphatic heterocycles. The van der Waals surface area contributed by atoms with Crippen LogP contribution in [0.15, 0.2) is 6.20 Å². The van der Waals surface area contributed by atoms with Crippen LogP contribution in [-0.2, 0) is 34.4 Å². The van der Waals surface area contributed by atoms with E-state index in [9.17, 15) is 13.2 Å². The number of ether oxygens (including phenoxy) is 1. The first-order chi connectivity index (χ1) is 10.9. The van der Waals surface area contributed by atoms with Crippen molar-refractivity contribution in [2.45, 2.75) is 19.6 Å². The minimum Gasteiger partial charge on any atom is -0.378 e. The fourth-order valence-electron chi connectivity index (χ4n) is 2.72. The minimum absolute atomic E-state index is 0.0124. The van der Waals surface area contributed by atoms with Gasteiger partial charge in [0.1, 0.15) is 5.82 Å². The SMILES string of the molecule is CS(=O)(=O)NCc1cn2c(n1)CN(C(=O)N1CCOCC1)CC2. The molecule has 2 aliphatic rings. The third kappa shape index (κ3) is 4.01. The van der Waals surface area contributed by atoms with Crippen LogP contribution in [0.4, 0.5) is 4.79 Å². The molecule has 3 rings (SSSR count). The first-order valence-corrected chi connectivity index (χ1v) is 9.43. The van der Waals surface area contributed by atoms with Crippen LogP contribution < -0.4 is 4.72 Å². The van der Waals surface area contributed by atoms with Crippen molar-refractivity contribution >= 4 is 16.1 Å². The number of aromatic nitrogens is 2. The molecule has 1 N–H and O–H groups in total. The van der Waals surface area contributed by atoms with E-state index in [1.165, 1.54) is 0 Å². The van der Waals surface area contributed by atoms with E-state index in [-0.39, 0.29) is 12.6 Å². The predicted molar refractivity (Wildman–Crippen MR) is 82.1 cm³/mol. The molecule has 1 fully saturated rings. The fraction of sp³-hybridized carbons (Fsp3) is 0.692. The fourth-order valence-corrected chi connectivity index (χ4v) is 3.13. The molecule has 3 heterocycles. The highest BCUT2D eigenvalue weighted by Gasteiger charge is 2.27. The Kier molecular flexibility index (Phi) is 4.55. The van der Waals surface area contributed by atoms with Crippen LogP contribution in [0, 0.1) is 0 Å². The topological polar surface area (TPSA) is 96.8 Å². The Hall–Kier alpha value is -1.65. The third-order valence-corrected chi connectivity index (χ3v) is 4.59. The van der Waals surface area contributed by atoms with Gasteiger partial charge in [0.15, 0.2) is 0 Å². The highest BCUT2D eigenvalue weighted by molar-refractivity contribution is 7.88. The molecular weight excluding hydrogens is 322 g/mol. The van der Waals surface area contributed by atoms with Gasteiger partial charge in [-0.3, -0.25) is 0 Å². The van der Waals surface area contributed by atoms with Gasteiger partial charge in [0.25, 0.3) is 0 Å². The second-order valence-electron chi connectivity index (χ2n) is 5.74. The van der Waals surface area contributed by atoms with Gasteiger partial charge in [0.2, 0.25) is 10.0 Å². The summed E-state index contributed by atoms with van der Waals surface area (Å²) < 4.78 is 32.0. The predicted octanol–water partition coefficient (Wildman–Crippen LogP) is -0.800. The molecule has 1 saturated heterocycles. The van der Waals surface area contributed by atoms with Gasteiger partial charge in [-0.1, -0.05) is 0 Å². The van der Waals surface area contributed by atoms with E-state index in [0.29, 0.717) is 51.6 Å². The number of morpholine rings is 1. The standard InChI is InChI=1S/C13H21N5O4S/c1-23(20,21)14-8-11-9-17-2-3-18(10-12(17)15-11)13(19)16-4-6-22-7-5-16/h9,14H,2-8,10H2,1H3. The number of amides is 2. The number of carbonyl (C=O) groups excluding carboxylic acids is 1. The second-order valence-corrected chi connectivity index (χ2v) is 7.57. The number of imidazole rings is 1. The van der Waals surface area contributed by atoms with E-state index in [0.717, 1.165) is 12.1 Å². The van der Waals surface area contributed by atoms with Gasteiger partial charge >= 0.3 is 6.03 Å². The van der Waals surface area contributed by atoms with Gasteiger partial charge in [0, 0.05) is 32.4 Å². The minimum atomic E-state index is -3.24. The lowest BCUT2D eigenvalue weighted by Crippen LogP contribution is -2.50. The summed E-state index contributed by atoms with van der Waals surface area (Å²) in [6.07, 6.45) is 2.95. The van der Waals surface area contributed by atoms with E-state index in [1.807, 2.05) is 10.8 Å². The van der Waals surface area contributed by atoms with Crippen LogP contribution in [0.2, 0.25) is 0 Å². The monoisotopic (exact) mass is 343 g/mol. The summed E-state index contributed by atoms with van der Waals surface area (Å²) in [4.78, 5) is 20.5. The number of carbonyl (C=O) groups is 1. The molecule has 0 aliphatic carbocycles. The Balaban J connectivity index is 1.63. The molecule has 2 amide bonds. The molecular formula is C13H21N5O4S. The maximum atomic E-state index is 12.5. The summed E-state index contributed by atoms with van der Waals surface area (Å²) in [7, 11) is -3.24. The summed E-state index contributed by atoms with van der Waals surface area (Å²) in [5.74, 6) is 0.781. The second kappa shape index (κ2) is 6.46. The van der Waals surface area contributed by atoms with Crippen LogP contribution in [0.3, 0.4) is 0 Å². The number of urea groups is 1. The van der Waals surface area contributed by atoms with Crippen LogP contribution in [0.25, 0.3) is 0 Å². The number of nitrogens with one attached hydrogen (secondary N) is 1. The Labute approximate surface area is 135 Å². The van der Waals surface area contributed by atoms with Crippen molar-refractivity contribution in [2.75, 3.05) is 39.1 Å². The summed E-state index contributed by atoms with van der Waals surface area (Å²) in [5.41, 5.74) is 0.658. The number of rotatable bonds is 3. The maximum absolute atomic E-state index is 12.5. The lowest BCUT2D eigenvalue weighted by Gasteiger charge is -2.34. The zero-order valence-electron chi connectivity index (χ0n) is 13.1. The average Bonchev–Trinajstić information content (AvgIpc) is 2.94. The van der Waals surface area contributed by atoms with Crippen LogP contribution in [0.5, 0.6) is 0 Å². The smallest absolute Gasteiger partial charge is 0.320 e. The highest BCUT2D eigenvalue weighted by Crippen LogP contribution is 2.15. The van der Waals surface area contributed by atoms with E-state index >= 15 is 0 Å². The molecule has 0 saturated carbocycles. The molecule has 0 atom stereocenters. The maximum Gasteiger partial charge on any atom is 0.320 e. The van der Waals surface area contributed by atoms with E-state index < -0.39 is 10.0 Å². The Morgan fingerprint density at radius 3 is 2.70 bits per heavy atom. The summed E-state index contributed by atoms with van der Waals surface area (Å²) in [6.45, 7) is 4.28. The Bertz CT molecular complexity index is 681. The van der Waals surface area contributed by atoms with Crippen LogP contribution in [0.1, 0.15) is 11.5 Å². The third-order valence-electron chi connectivity index (χ3n) is 3.92. The molecule has 23 heavy (non-hydrogen) atoms. The van der Waals surface area contributed by atoms with E-state index in [2.05, 4.69) is 9.71 Å². The lowest BCUT2D eigenvalue weighted by molar-refractivity contribution is 0.0408. The molecule has 1 aromatic rings. The molecule has 0 bridgehead atoms. The zero-order valence-corrected chi connectivity index (χ0v) is 13.9. The van der Waals surface area contributed by atoms with Gasteiger partial charge in [0.05, 0.1) is 38.3 Å². The van der Waals surface area contributed by atoms with Crippen molar-refractivity contribution in [3.8, 4) is 0 Å². The number of hydrogen-bond donors (Lipinski definition) is 1. The number of nitrogens with zero attached hydrogens (tertiary/aromatic N) is 4. The lowest BCUT2D eigenvalue weighted by atomic mass is 10.3. The van der Waals surface area contributed by atoms with Crippen molar-refractivity contribution in [3.63, 3.8) is 0 Å². The molecule has 0 aromatic carbocycles. The first-order valence-electron chi connectivity index (χ1n) is 7.53. The first kappa shape index (κ1) is 16.2. The van der Waals surface area contributed by atoms with Crippen molar-refractivity contribution in [2.24, 2.45) is 0 Å². The van der Waals surface area contributed by atoms with E-state index in [4.69, 9.17) is 4.74 Å². The van der Waals surface area contributed by atoms with Crippen LogP contribution >= 0.6 is 0 Å². The molecule has 0 unspecified atom stereocenters. The number of fused-ring (bicyclic) bond motifs is 1. The number of sulfonamides is 1. The van der Waals surface area contributed by atoms with Crippen molar-refractivity contribution < 1.29 is 17.9 Å².